The summed E-state index contributed by atoms with van der Waals surface area (Å²) in [7, 11) is 0. The van der Waals surface area contributed by atoms with Crippen LogP contribution in [0.1, 0.15) is 46.8 Å². The Labute approximate surface area is 178 Å². The lowest BCUT2D eigenvalue weighted by molar-refractivity contribution is -0.121. The van der Waals surface area contributed by atoms with Crippen molar-refractivity contribution in [3.8, 4) is 0 Å². The number of nitrogens with one attached hydrogen (secondary N) is 2. The third-order valence-corrected chi connectivity index (χ3v) is 6.20. The topological polar surface area (TPSA) is 114 Å². The molecule has 2 aromatic carbocycles. The predicted molar refractivity (Wildman–Crippen MR) is 117 cm³/mol. The number of rotatable bonds is 5. The van der Waals surface area contributed by atoms with E-state index in [0.29, 0.717) is 11.3 Å². The van der Waals surface area contributed by atoms with Gasteiger partial charge in [0.2, 0.25) is 5.91 Å². The van der Waals surface area contributed by atoms with Crippen LogP contribution in [0.3, 0.4) is 0 Å². The van der Waals surface area contributed by atoms with Gasteiger partial charge in [0, 0.05) is 17.7 Å². The van der Waals surface area contributed by atoms with Gasteiger partial charge in [0.15, 0.2) is 5.17 Å². The van der Waals surface area contributed by atoms with Crippen molar-refractivity contribution in [2.24, 2.45) is 10.7 Å². The first kappa shape index (κ1) is 20.2. The van der Waals surface area contributed by atoms with E-state index in [1.54, 1.807) is 24.3 Å². The molecule has 8 heteroatoms. The highest BCUT2D eigenvalue weighted by Gasteiger charge is 2.29. The average molecular weight is 423 g/mol. The number of amides is 3. The number of carbonyl (C=O) groups is 3. The van der Waals surface area contributed by atoms with Crippen molar-refractivity contribution < 1.29 is 14.4 Å². The summed E-state index contributed by atoms with van der Waals surface area (Å²) in [6, 6.07) is 14.9. The molecule has 1 aliphatic carbocycles. The molecule has 0 saturated carbocycles. The molecule has 0 radical (unpaired) electrons. The molecule has 1 heterocycles. The van der Waals surface area contributed by atoms with E-state index in [4.69, 9.17) is 5.73 Å². The number of hydrogen-bond donors (Lipinski definition) is 3. The summed E-state index contributed by atoms with van der Waals surface area (Å²) in [5, 5.41) is 5.44. The number of fused-ring (bicyclic) bond motifs is 1. The number of nitrogens with zero attached hydrogens (tertiary/aromatic N) is 1. The Morgan fingerprint density at radius 2 is 2.00 bits per heavy atom. The van der Waals surface area contributed by atoms with Crippen LogP contribution in [0.4, 0.5) is 5.69 Å². The number of aryl methyl sites for hydroxylation is 1. The number of anilines is 1. The summed E-state index contributed by atoms with van der Waals surface area (Å²) in [6.07, 6.45) is 2.94. The minimum atomic E-state index is -0.595. The highest BCUT2D eigenvalue weighted by Crippen LogP contribution is 2.30. The maximum Gasteiger partial charge on any atom is 0.262 e. The van der Waals surface area contributed by atoms with E-state index >= 15 is 0 Å². The molecule has 0 bridgehead atoms. The molecule has 0 spiro atoms. The molecule has 30 heavy (non-hydrogen) atoms. The maximum absolute atomic E-state index is 12.8. The lowest BCUT2D eigenvalue weighted by Gasteiger charge is -2.26. The van der Waals surface area contributed by atoms with Gasteiger partial charge >= 0.3 is 0 Å². The molecule has 4 rings (SSSR count). The van der Waals surface area contributed by atoms with Gasteiger partial charge in [0.1, 0.15) is 5.25 Å². The second-order valence-electron chi connectivity index (χ2n) is 7.34. The van der Waals surface area contributed by atoms with Crippen LogP contribution in [0, 0.1) is 0 Å². The maximum atomic E-state index is 12.8. The van der Waals surface area contributed by atoms with E-state index in [1.807, 2.05) is 12.1 Å². The lowest BCUT2D eigenvalue weighted by Crippen LogP contribution is -2.31. The molecule has 2 atom stereocenters. The Balaban J connectivity index is 1.39. The molecule has 154 valence electrons. The smallest absolute Gasteiger partial charge is 0.262 e. The molecule has 0 fully saturated rings. The highest BCUT2D eigenvalue weighted by molar-refractivity contribution is 8.15. The zero-order valence-electron chi connectivity index (χ0n) is 16.3. The molecule has 1 aliphatic heterocycles. The van der Waals surface area contributed by atoms with Gasteiger partial charge < -0.3 is 16.4 Å². The van der Waals surface area contributed by atoms with Crippen LogP contribution >= 0.6 is 11.8 Å². The molecule has 0 saturated heterocycles. The molecule has 2 aliphatic rings. The van der Waals surface area contributed by atoms with E-state index in [2.05, 4.69) is 27.8 Å². The van der Waals surface area contributed by atoms with Gasteiger partial charge in [-0.05, 0) is 48.6 Å². The number of carbonyl (C=O) groups excluding carboxylic acids is 3. The Morgan fingerprint density at radius 1 is 1.17 bits per heavy atom. The Morgan fingerprint density at radius 3 is 2.80 bits per heavy atom. The average Bonchev–Trinajstić information content (AvgIpc) is 3.05. The van der Waals surface area contributed by atoms with Crippen molar-refractivity contribution in [3.05, 3.63) is 65.2 Å². The molecule has 0 aromatic heterocycles. The first-order valence-corrected chi connectivity index (χ1v) is 10.7. The Bertz CT molecular complexity index is 1040. The highest BCUT2D eigenvalue weighted by atomic mass is 32.2. The number of nitrogens with two attached hydrogens (primary N) is 1. The molecular formula is C22H22N4O3S. The quantitative estimate of drug-likeness (QED) is 0.686. The largest absolute Gasteiger partial charge is 0.378 e. The fraction of sp³-hybridized carbons (Fsp3) is 0.273. The summed E-state index contributed by atoms with van der Waals surface area (Å²) in [5.74, 6) is -0.909. The minimum Gasteiger partial charge on any atom is -0.378 e. The SMILES string of the molecule is NC1=NC(=O)[C@H](CC(=O)Nc2cccc(C(=O)N[C@@H]3CCCc4ccccc43)c2)S1. The molecule has 7 nitrogen and oxygen atoms in total. The van der Waals surface area contributed by atoms with Crippen molar-refractivity contribution in [1.29, 1.82) is 0 Å². The van der Waals surface area contributed by atoms with Gasteiger partial charge in [0.25, 0.3) is 11.8 Å². The van der Waals surface area contributed by atoms with Crippen LogP contribution in [0.5, 0.6) is 0 Å². The van der Waals surface area contributed by atoms with Crippen molar-refractivity contribution in [1.82, 2.24) is 5.32 Å². The van der Waals surface area contributed by atoms with Crippen LogP contribution in [0.15, 0.2) is 53.5 Å². The van der Waals surface area contributed by atoms with Crippen LogP contribution in [-0.4, -0.2) is 28.1 Å². The standard InChI is InChI=1S/C22H22N4O3S/c23-22-26-21(29)18(30-22)12-19(27)24-15-8-3-7-14(11-15)20(28)25-17-10-4-6-13-5-1-2-9-16(13)17/h1-3,5,7-9,11,17-18H,4,6,10,12H2,(H,24,27)(H,25,28)(H2,23,26,29)/t17-,18+/m1/s1. The van der Waals surface area contributed by atoms with Crippen molar-refractivity contribution in [2.75, 3.05) is 5.32 Å². The summed E-state index contributed by atoms with van der Waals surface area (Å²) >= 11 is 1.09. The molecular weight excluding hydrogens is 400 g/mol. The monoisotopic (exact) mass is 422 g/mol. The normalized spacial score (nSPS) is 20.3. The molecule has 4 N–H and O–H groups in total. The number of thioether (sulfide) groups is 1. The zero-order chi connectivity index (χ0) is 21.1. The van der Waals surface area contributed by atoms with Gasteiger partial charge in [-0.3, -0.25) is 14.4 Å². The second kappa shape index (κ2) is 8.71. The van der Waals surface area contributed by atoms with Crippen LogP contribution in [0.2, 0.25) is 0 Å². The summed E-state index contributed by atoms with van der Waals surface area (Å²) in [4.78, 5) is 40.4. The number of benzene rings is 2. The minimum absolute atomic E-state index is 0.0171. The zero-order valence-corrected chi connectivity index (χ0v) is 17.1. The summed E-state index contributed by atoms with van der Waals surface area (Å²) in [5.41, 5.74) is 8.93. The molecule has 0 unspecified atom stereocenters. The third kappa shape index (κ3) is 4.54. The lowest BCUT2D eigenvalue weighted by atomic mass is 9.87. The van der Waals surface area contributed by atoms with E-state index < -0.39 is 11.2 Å². The van der Waals surface area contributed by atoms with Crippen molar-refractivity contribution >= 4 is 40.3 Å². The van der Waals surface area contributed by atoms with Crippen LogP contribution in [0.25, 0.3) is 0 Å². The fourth-order valence-corrected chi connectivity index (χ4v) is 4.62. The van der Waals surface area contributed by atoms with Crippen molar-refractivity contribution in [3.63, 3.8) is 0 Å². The third-order valence-electron chi connectivity index (χ3n) is 5.21. The predicted octanol–water partition coefficient (Wildman–Crippen LogP) is 2.78. The van der Waals surface area contributed by atoms with Crippen LogP contribution in [-0.2, 0) is 16.0 Å². The molecule has 2 aromatic rings. The fourth-order valence-electron chi connectivity index (χ4n) is 3.80. The first-order valence-electron chi connectivity index (χ1n) is 9.83. The van der Waals surface area contributed by atoms with E-state index in [9.17, 15) is 14.4 Å². The number of amidine groups is 1. The van der Waals surface area contributed by atoms with Gasteiger partial charge in [-0.2, -0.15) is 4.99 Å². The number of aliphatic imine (C=N–C) groups is 1. The van der Waals surface area contributed by atoms with E-state index in [1.165, 1.54) is 11.1 Å². The Hall–Kier alpha value is -3.13. The van der Waals surface area contributed by atoms with Gasteiger partial charge in [0.05, 0.1) is 6.04 Å². The number of hydrogen-bond acceptors (Lipinski definition) is 5. The van der Waals surface area contributed by atoms with E-state index in [0.717, 1.165) is 31.0 Å². The summed E-state index contributed by atoms with van der Waals surface area (Å²) < 4.78 is 0. The van der Waals surface area contributed by atoms with Gasteiger partial charge in [-0.25, -0.2) is 0 Å². The second-order valence-corrected chi connectivity index (χ2v) is 8.57. The summed E-state index contributed by atoms with van der Waals surface area (Å²) in [6.45, 7) is 0. The molecule has 3 amide bonds. The van der Waals surface area contributed by atoms with Gasteiger partial charge in [-0.1, -0.05) is 42.1 Å². The van der Waals surface area contributed by atoms with Crippen LogP contribution < -0.4 is 16.4 Å². The van der Waals surface area contributed by atoms with E-state index in [-0.39, 0.29) is 29.4 Å². The Kier molecular flexibility index (Phi) is 5.85. The first-order chi connectivity index (χ1) is 14.5. The van der Waals surface area contributed by atoms with Crippen molar-refractivity contribution in [2.45, 2.75) is 37.0 Å². The van der Waals surface area contributed by atoms with Gasteiger partial charge in [-0.15, -0.1) is 0 Å².